The number of aliphatic hydroxyl groups is 1. The first-order valence-electron chi connectivity index (χ1n) is 4.70. The third-order valence-corrected chi connectivity index (χ3v) is 2.12. The first kappa shape index (κ1) is 11.0. The highest BCUT2D eigenvalue weighted by molar-refractivity contribution is 5.31. The molecule has 0 spiro atoms. The Hall–Kier alpha value is -1.09. The van der Waals surface area contributed by atoms with Crippen LogP contribution in [0.15, 0.2) is 18.2 Å². The minimum atomic E-state index is -0.741. The number of ether oxygens (including phenoxy) is 1. The van der Waals surface area contributed by atoms with Gasteiger partial charge < -0.3 is 9.84 Å². The lowest BCUT2D eigenvalue weighted by molar-refractivity contribution is 0.161. The van der Waals surface area contributed by atoms with Gasteiger partial charge in [-0.1, -0.05) is 13.3 Å². The number of rotatable bonds is 4. The fourth-order valence-corrected chi connectivity index (χ4v) is 1.33. The van der Waals surface area contributed by atoms with Crippen LogP contribution in [0.5, 0.6) is 5.75 Å². The van der Waals surface area contributed by atoms with Gasteiger partial charge in [-0.25, -0.2) is 4.39 Å². The number of hydrogen-bond donors (Lipinski definition) is 1. The van der Waals surface area contributed by atoms with Crippen molar-refractivity contribution in [1.82, 2.24) is 0 Å². The summed E-state index contributed by atoms with van der Waals surface area (Å²) in [6.07, 6.45) is 0.636. The molecule has 0 heterocycles. The molecule has 0 saturated carbocycles. The van der Waals surface area contributed by atoms with E-state index in [1.807, 2.05) is 6.92 Å². The first-order chi connectivity index (χ1) is 6.69. The molecule has 0 aliphatic rings. The third kappa shape index (κ3) is 2.45. The van der Waals surface area contributed by atoms with Crippen molar-refractivity contribution in [3.05, 3.63) is 29.6 Å². The highest BCUT2D eigenvalue weighted by Gasteiger charge is 2.12. The first-order valence-corrected chi connectivity index (χ1v) is 4.70. The highest BCUT2D eigenvalue weighted by atomic mass is 19.1. The number of methoxy groups -OCH3 is 1. The van der Waals surface area contributed by atoms with Gasteiger partial charge in [-0.3, -0.25) is 0 Å². The summed E-state index contributed by atoms with van der Waals surface area (Å²) in [6, 6.07) is 4.39. The SMILES string of the molecule is CCCC(O)c1cc(OC)ccc1F. The summed E-state index contributed by atoms with van der Waals surface area (Å²) in [5.74, 6) is 0.184. The van der Waals surface area contributed by atoms with E-state index in [9.17, 15) is 9.50 Å². The van der Waals surface area contributed by atoms with Crippen LogP contribution in [0.2, 0.25) is 0 Å². The molecule has 0 fully saturated rings. The molecule has 0 aliphatic carbocycles. The maximum absolute atomic E-state index is 13.3. The van der Waals surface area contributed by atoms with Gasteiger partial charge in [-0.15, -0.1) is 0 Å². The van der Waals surface area contributed by atoms with Crippen LogP contribution in [0.3, 0.4) is 0 Å². The van der Waals surface area contributed by atoms with Gasteiger partial charge in [-0.05, 0) is 24.6 Å². The molecule has 1 aromatic rings. The van der Waals surface area contributed by atoms with E-state index >= 15 is 0 Å². The van der Waals surface area contributed by atoms with Gasteiger partial charge in [0.15, 0.2) is 0 Å². The van der Waals surface area contributed by atoms with Crippen LogP contribution >= 0.6 is 0 Å². The smallest absolute Gasteiger partial charge is 0.129 e. The van der Waals surface area contributed by atoms with Gasteiger partial charge in [-0.2, -0.15) is 0 Å². The van der Waals surface area contributed by atoms with Crippen molar-refractivity contribution in [1.29, 1.82) is 0 Å². The van der Waals surface area contributed by atoms with Crippen LogP contribution in [-0.4, -0.2) is 12.2 Å². The molecule has 78 valence electrons. The number of benzene rings is 1. The second kappa shape index (κ2) is 4.96. The van der Waals surface area contributed by atoms with Gasteiger partial charge in [0.2, 0.25) is 0 Å². The van der Waals surface area contributed by atoms with Crippen molar-refractivity contribution in [3.8, 4) is 5.75 Å². The Morgan fingerprint density at radius 2 is 2.21 bits per heavy atom. The van der Waals surface area contributed by atoms with Crippen molar-refractivity contribution in [2.75, 3.05) is 7.11 Å². The van der Waals surface area contributed by atoms with E-state index in [0.717, 1.165) is 6.42 Å². The topological polar surface area (TPSA) is 29.5 Å². The molecule has 2 nitrogen and oxygen atoms in total. The predicted octanol–water partition coefficient (Wildman–Crippen LogP) is 2.67. The van der Waals surface area contributed by atoms with E-state index in [-0.39, 0.29) is 5.82 Å². The summed E-state index contributed by atoms with van der Waals surface area (Å²) in [5.41, 5.74) is 0.311. The second-order valence-electron chi connectivity index (χ2n) is 3.19. The average Bonchev–Trinajstić information content (AvgIpc) is 2.19. The van der Waals surface area contributed by atoms with Gasteiger partial charge in [0.05, 0.1) is 13.2 Å². The van der Waals surface area contributed by atoms with Gasteiger partial charge in [0.25, 0.3) is 0 Å². The summed E-state index contributed by atoms with van der Waals surface area (Å²) in [5, 5.41) is 9.63. The Morgan fingerprint density at radius 1 is 1.50 bits per heavy atom. The zero-order valence-corrected chi connectivity index (χ0v) is 8.46. The Kier molecular flexibility index (Phi) is 3.89. The monoisotopic (exact) mass is 198 g/mol. The molecule has 1 rings (SSSR count). The van der Waals surface area contributed by atoms with Crippen molar-refractivity contribution >= 4 is 0 Å². The molecule has 1 atom stereocenters. The van der Waals surface area contributed by atoms with Gasteiger partial charge in [0.1, 0.15) is 11.6 Å². The zero-order valence-electron chi connectivity index (χ0n) is 8.46. The molecule has 14 heavy (non-hydrogen) atoms. The fourth-order valence-electron chi connectivity index (χ4n) is 1.33. The third-order valence-electron chi connectivity index (χ3n) is 2.12. The summed E-state index contributed by atoms with van der Waals surface area (Å²) >= 11 is 0. The standard InChI is InChI=1S/C11H15FO2/c1-3-4-11(13)9-7-8(14-2)5-6-10(9)12/h5-7,11,13H,3-4H2,1-2H3. The summed E-state index contributed by atoms with van der Waals surface area (Å²) < 4.78 is 18.2. The molecule has 1 N–H and O–H groups in total. The van der Waals surface area contributed by atoms with Crippen LogP contribution in [-0.2, 0) is 0 Å². The van der Waals surface area contributed by atoms with Crippen molar-refractivity contribution in [3.63, 3.8) is 0 Å². The van der Waals surface area contributed by atoms with Crippen LogP contribution in [0.25, 0.3) is 0 Å². The predicted molar refractivity (Wildman–Crippen MR) is 52.8 cm³/mol. The van der Waals surface area contributed by atoms with Crippen LogP contribution < -0.4 is 4.74 Å². The molecule has 0 bridgehead atoms. The van der Waals surface area contributed by atoms with E-state index in [1.54, 1.807) is 0 Å². The summed E-state index contributed by atoms with van der Waals surface area (Å²) in [6.45, 7) is 1.95. The second-order valence-corrected chi connectivity index (χ2v) is 3.19. The van der Waals surface area contributed by atoms with E-state index < -0.39 is 6.10 Å². The number of hydrogen-bond acceptors (Lipinski definition) is 2. The Bertz CT molecular complexity index is 299. The molecular formula is C11H15FO2. The Morgan fingerprint density at radius 3 is 2.79 bits per heavy atom. The fraction of sp³-hybridized carbons (Fsp3) is 0.455. The minimum absolute atomic E-state index is 0.311. The Balaban J connectivity index is 2.93. The van der Waals surface area contributed by atoms with E-state index in [2.05, 4.69) is 0 Å². The number of halogens is 1. The van der Waals surface area contributed by atoms with Crippen LogP contribution in [0, 0.1) is 5.82 Å². The number of aliphatic hydroxyl groups excluding tert-OH is 1. The summed E-state index contributed by atoms with van der Waals surface area (Å²) in [4.78, 5) is 0. The molecule has 0 saturated heterocycles. The van der Waals surface area contributed by atoms with Gasteiger partial charge in [0, 0.05) is 5.56 Å². The molecule has 3 heteroatoms. The lowest BCUT2D eigenvalue weighted by Gasteiger charge is -2.11. The molecule has 0 radical (unpaired) electrons. The maximum atomic E-state index is 13.3. The quantitative estimate of drug-likeness (QED) is 0.806. The van der Waals surface area contributed by atoms with Crippen LogP contribution in [0.1, 0.15) is 31.4 Å². The molecule has 0 amide bonds. The lowest BCUT2D eigenvalue weighted by Crippen LogP contribution is -2.00. The van der Waals surface area contributed by atoms with Crippen molar-refractivity contribution in [2.45, 2.75) is 25.9 Å². The zero-order chi connectivity index (χ0) is 10.6. The largest absolute Gasteiger partial charge is 0.497 e. The van der Waals surface area contributed by atoms with E-state index in [4.69, 9.17) is 4.74 Å². The van der Waals surface area contributed by atoms with E-state index in [1.165, 1.54) is 25.3 Å². The van der Waals surface area contributed by atoms with Crippen molar-refractivity contribution < 1.29 is 14.2 Å². The molecular weight excluding hydrogens is 183 g/mol. The summed E-state index contributed by atoms with van der Waals surface area (Å²) in [7, 11) is 1.52. The molecule has 1 aromatic carbocycles. The maximum Gasteiger partial charge on any atom is 0.129 e. The lowest BCUT2D eigenvalue weighted by atomic mass is 10.0. The highest BCUT2D eigenvalue weighted by Crippen LogP contribution is 2.25. The average molecular weight is 198 g/mol. The minimum Gasteiger partial charge on any atom is -0.497 e. The van der Waals surface area contributed by atoms with Crippen molar-refractivity contribution in [2.24, 2.45) is 0 Å². The van der Waals surface area contributed by atoms with E-state index in [0.29, 0.717) is 17.7 Å². The normalized spacial score (nSPS) is 12.6. The van der Waals surface area contributed by atoms with Crippen LogP contribution in [0.4, 0.5) is 4.39 Å². The Labute approximate surface area is 83.3 Å². The van der Waals surface area contributed by atoms with Gasteiger partial charge >= 0.3 is 0 Å². The molecule has 0 aromatic heterocycles. The molecule has 1 unspecified atom stereocenters. The molecule has 0 aliphatic heterocycles.